The molecule has 7 heteroatoms. The van der Waals surface area contributed by atoms with Crippen LogP contribution in [0.4, 0.5) is 0 Å². The predicted molar refractivity (Wildman–Crippen MR) is 120 cm³/mol. The fourth-order valence-corrected chi connectivity index (χ4v) is 2.69. The molecule has 3 rings (SSSR count). The summed E-state index contributed by atoms with van der Waals surface area (Å²) in [7, 11) is 0. The maximum atomic E-state index is 11.9. The molecule has 0 fully saturated rings. The number of carbonyl (C=O) groups is 2. The van der Waals surface area contributed by atoms with Gasteiger partial charge in [-0.15, -0.1) is 0 Å². The van der Waals surface area contributed by atoms with Gasteiger partial charge in [0.15, 0.2) is 13.2 Å². The zero-order valence-corrected chi connectivity index (χ0v) is 18.1. The molecular formula is C25H26N2O5. The number of rotatable bonds is 9. The van der Waals surface area contributed by atoms with E-state index < -0.39 is 11.8 Å². The summed E-state index contributed by atoms with van der Waals surface area (Å²) in [5.74, 6) is 0.831. The third kappa shape index (κ3) is 7.36. The molecule has 2 amide bonds. The summed E-state index contributed by atoms with van der Waals surface area (Å²) in [6.45, 7) is 3.97. The molecule has 0 aliphatic heterocycles. The van der Waals surface area contributed by atoms with E-state index in [1.165, 1.54) is 0 Å². The Hall–Kier alpha value is -4.00. The van der Waals surface area contributed by atoms with Crippen molar-refractivity contribution < 1.29 is 23.8 Å². The first kappa shape index (κ1) is 22.7. The summed E-state index contributed by atoms with van der Waals surface area (Å²) < 4.78 is 16.5. The monoisotopic (exact) mass is 434 g/mol. The van der Waals surface area contributed by atoms with Crippen LogP contribution in [0.3, 0.4) is 0 Å². The van der Waals surface area contributed by atoms with Gasteiger partial charge < -0.3 is 14.2 Å². The van der Waals surface area contributed by atoms with Crippen molar-refractivity contribution in [1.29, 1.82) is 0 Å². The van der Waals surface area contributed by atoms with Crippen LogP contribution < -0.4 is 25.1 Å². The summed E-state index contributed by atoms with van der Waals surface area (Å²) in [6.07, 6.45) is 0. The second kappa shape index (κ2) is 11.4. The zero-order chi connectivity index (χ0) is 22.8. The van der Waals surface area contributed by atoms with Crippen molar-refractivity contribution in [3.05, 3.63) is 89.5 Å². The summed E-state index contributed by atoms with van der Waals surface area (Å²) in [5.41, 5.74) is 7.87. The van der Waals surface area contributed by atoms with Crippen LogP contribution >= 0.6 is 0 Å². The molecular weight excluding hydrogens is 408 g/mol. The molecule has 0 aromatic heterocycles. The molecule has 3 aromatic rings. The van der Waals surface area contributed by atoms with E-state index in [2.05, 4.69) is 10.9 Å². The Morgan fingerprint density at radius 1 is 0.656 bits per heavy atom. The van der Waals surface area contributed by atoms with E-state index in [1.54, 1.807) is 30.3 Å². The molecule has 0 spiro atoms. The summed E-state index contributed by atoms with van der Waals surface area (Å²) in [5, 5.41) is 0. The molecule has 0 heterocycles. The van der Waals surface area contributed by atoms with Crippen molar-refractivity contribution in [3.63, 3.8) is 0 Å². The van der Waals surface area contributed by atoms with Gasteiger partial charge in [-0.2, -0.15) is 0 Å². The van der Waals surface area contributed by atoms with Crippen molar-refractivity contribution >= 4 is 11.8 Å². The van der Waals surface area contributed by atoms with E-state index in [1.807, 2.05) is 56.3 Å². The number of carbonyl (C=O) groups excluding carboxylic acids is 2. The first-order valence-electron chi connectivity index (χ1n) is 10.2. The Balaban J connectivity index is 1.33. The highest BCUT2D eigenvalue weighted by molar-refractivity contribution is 5.83. The Labute approximate surface area is 187 Å². The third-order valence-electron chi connectivity index (χ3n) is 4.63. The lowest BCUT2D eigenvalue weighted by Crippen LogP contribution is -2.45. The maximum absolute atomic E-state index is 11.9. The minimum Gasteiger partial charge on any atom is -0.489 e. The molecule has 0 radical (unpaired) electrons. The largest absolute Gasteiger partial charge is 0.489 e. The fraction of sp³-hybridized carbons (Fsp3) is 0.200. The van der Waals surface area contributed by atoms with Crippen LogP contribution in [-0.2, 0) is 16.2 Å². The molecule has 0 aliphatic carbocycles. The fourth-order valence-electron chi connectivity index (χ4n) is 2.69. The highest BCUT2D eigenvalue weighted by atomic mass is 16.5. The van der Waals surface area contributed by atoms with Gasteiger partial charge in [0.2, 0.25) is 0 Å². The van der Waals surface area contributed by atoms with Crippen LogP contribution in [0.2, 0.25) is 0 Å². The lowest BCUT2D eigenvalue weighted by atomic mass is 10.1. The van der Waals surface area contributed by atoms with Crippen LogP contribution in [0.1, 0.15) is 16.7 Å². The molecule has 32 heavy (non-hydrogen) atoms. The van der Waals surface area contributed by atoms with E-state index in [0.29, 0.717) is 23.9 Å². The molecule has 166 valence electrons. The number of aryl methyl sites for hydroxylation is 2. The smallest absolute Gasteiger partial charge is 0.276 e. The minimum absolute atomic E-state index is 0.214. The lowest BCUT2D eigenvalue weighted by Gasteiger charge is -2.11. The van der Waals surface area contributed by atoms with Crippen LogP contribution in [0.25, 0.3) is 0 Å². The normalized spacial score (nSPS) is 10.2. The van der Waals surface area contributed by atoms with Crippen molar-refractivity contribution in [3.8, 4) is 17.2 Å². The van der Waals surface area contributed by atoms with Crippen LogP contribution in [0.5, 0.6) is 17.2 Å². The minimum atomic E-state index is -0.492. The van der Waals surface area contributed by atoms with Gasteiger partial charge in [0.1, 0.15) is 23.9 Å². The second-order valence-corrected chi connectivity index (χ2v) is 7.17. The Morgan fingerprint density at radius 2 is 1.19 bits per heavy atom. The maximum Gasteiger partial charge on any atom is 0.276 e. The van der Waals surface area contributed by atoms with Gasteiger partial charge in [0.25, 0.3) is 11.8 Å². The number of benzene rings is 3. The van der Waals surface area contributed by atoms with Gasteiger partial charge in [0, 0.05) is 0 Å². The van der Waals surface area contributed by atoms with Crippen molar-refractivity contribution in [2.75, 3.05) is 13.2 Å². The van der Waals surface area contributed by atoms with Gasteiger partial charge >= 0.3 is 0 Å². The highest BCUT2D eigenvalue weighted by Gasteiger charge is 2.07. The highest BCUT2D eigenvalue weighted by Crippen LogP contribution is 2.19. The molecule has 0 bridgehead atoms. The van der Waals surface area contributed by atoms with Gasteiger partial charge in [-0.25, -0.2) is 0 Å². The Kier molecular flexibility index (Phi) is 8.09. The molecule has 3 aromatic carbocycles. The average Bonchev–Trinajstić information content (AvgIpc) is 2.82. The van der Waals surface area contributed by atoms with Crippen LogP contribution in [-0.4, -0.2) is 25.0 Å². The number of hydrogen-bond acceptors (Lipinski definition) is 5. The lowest BCUT2D eigenvalue weighted by molar-refractivity contribution is -0.131. The van der Waals surface area contributed by atoms with Crippen molar-refractivity contribution in [2.45, 2.75) is 20.5 Å². The van der Waals surface area contributed by atoms with Crippen LogP contribution in [0.15, 0.2) is 72.8 Å². The van der Waals surface area contributed by atoms with E-state index in [0.717, 1.165) is 16.7 Å². The van der Waals surface area contributed by atoms with Gasteiger partial charge in [-0.05, 0) is 66.9 Å². The summed E-state index contributed by atoms with van der Waals surface area (Å²) in [4.78, 5) is 23.7. The number of hydrazine groups is 1. The van der Waals surface area contributed by atoms with E-state index in [-0.39, 0.29) is 13.2 Å². The van der Waals surface area contributed by atoms with Crippen molar-refractivity contribution in [2.24, 2.45) is 0 Å². The number of nitrogens with one attached hydrogen (secondary N) is 2. The Morgan fingerprint density at radius 3 is 1.78 bits per heavy atom. The molecule has 0 saturated carbocycles. The van der Waals surface area contributed by atoms with Crippen LogP contribution in [0, 0.1) is 13.8 Å². The first-order chi connectivity index (χ1) is 15.5. The summed E-state index contributed by atoms with van der Waals surface area (Å²) in [6, 6.07) is 22.4. The molecule has 0 unspecified atom stereocenters. The van der Waals surface area contributed by atoms with Gasteiger partial charge in [-0.1, -0.05) is 36.4 Å². The number of ether oxygens (including phenoxy) is 3. The van der Waals surface area contributed by atoms with E-state index >= 15 is 0 Å². The molecule has 7 nitrogen and oxygen atoms in total. The number of amides is 2. The van der Waals surface area contributed by atoms with Gasteiger partial charge in [0.05, 0.1) is 0 Å². The molecule has 2 N–H and O–H groups in total. The molecule has 0 aliphatic rings. The zero-order valence-electron chi connectivity index (χ0n) is 18.1. The topological polar surface area (TPSA) is 85.9 Å². The second-order valence-electron chi connectivity index (χ2n) is 7.17. The number of hydrogen-bond donors (Lipinski definition) is 2. The van der Waals surface area contributed by atoms with Gasteiger partial charge in [-0.3, -0.25) is 20.4 Å². The SMILES string of the molecule is Cc1ccc(OCC(=O)NNC(=O)COc2ccc(OCc3ccccc3)cc2)cc1C. The first-order valence-corrected chi connectivity index (χ1v) is 10.2. The quantitative estimate of drug-likeness (QED) is 0.504. The molecule has 0 saturated heterocycles. The molecule has 0 atom stereocenters. The van der Waals surface area contributed by atoms with Crippen molar-refractivity contribution in [1.82, 2.24) is 10.9 Å². The Bertz CT molecular complexity index is 1040. The predicted octanol–water partition coefficient (Wildman–Crippen LogP) is 3.49. The standard InChI is InChI=1S/C25H26N2O5/c1-18-8-9-23(14-19(18)2)32-17-25(29)27-26-24(28)16-31-22-12-10-21(11-13-22)30-15-20-6-4-3-5-7-20/h3-14H,15-17H2,1-2H3,(H,26,28)(H,27,29). The third-order valence-corrected chi connectivity index (χ3v) is 4.63. The van der Waals surface area contributed by atoms with E-state index in [9.17, 15) is 9.59 Å². The average molecular weight is 434 g/mol. The van der Waals surface area contributed by atoms with E-state index in [4.69, 9.17) is 14.2 Å². The summed E-state index contributed by atoms with van der Waals surface area (Å²) >= 11 is 0.